The molecule has 15 atom stereocenters. The zero-order chi connectivity index (χ0) is 30.1. The molecule has 1 amide bonds. The summed E-state index contributed by atoms with van der Waals surface area (Å²) in [5, 5.41) is 83.9. The Morgan fingerprint density at radius 1 is 0.805 bits per heavy atom. The predicted molar refractivity (Wildman–Crippen MR) is 120 cm³/mol. The van der Waals surface area contributed by atoms with Crippen LogP contribution in [0.4, 0.5) is 0 Å². The van der Waals surface area contributed by atoms with E-state index in [2.05, 4.69) is 9.50 Å². The Labute approximate surface area is 256 Å². The van der Waals surface area contributed by atoms with E-state index in [0.717, 1.165) is 6.92 Å². The maximum absolute atomic E-state index is 11.9. The molecular formula is C20H34NNaO18S. The minimum atomic E-state index is -5.49. The van der Waals surface area contributed by atoms with Crippen molar-refractivity contribution in [3.8, 4) is 0 Å². The number of ether oxygens (including phenoxy) is 5. The molecule has 3 heterocycles. The number of aliphatic hydroxyl groups excluding tert-OH is 8. The Bertz CT molecular complexity index is 962. The van der Waals surface area contributed by atoms with Crippen LogP contribution in [0.25, 0.3) is 0 Å². The third-order valence-corrected chi connectivity index (χ3v) is 7.12. The first-order valence-electron chi connectivity index (χ1n) is 12.1. The Morgan fingerprint density at radius 2 is 1.37 bits per heavy atom. The molecule has 1 unspecified atom stereocenters. The molecule has 0 bridgehead atoms. The zero-order valence-corrected chi connectivity index (χ0v) is 25.0. The van der Waals surface area contributed by atoms with Crippen LogP contribution in [-0.2, 0) is 43.1 Å². The molecule has 3 aliphatic heterocycles. The average Bonchev–Trinajstić information content (AvgIpc) is 2.87. The third kappa shape index (κ3) is 8.72. The number of carbonyl (C=O) groups is 1. The Kier molecular flexibility index (Phi) is 13.7. The molecule has 0 saturated carbocycles. The fourth-order valence-corrected chi connectivity index (χ4v) is 5.13. The van der Waals surface area contributed by atoms with Crippen LogP contribution in [0.1, 0.15) is 13.8 Å². The third-order valence-electron chi connectivity index (χ3n) is 6.66. The Balaban J connectivity index is 0.00000588. The van der Waals surface area contributed by atoms with Crippen molar-refractivity contribution in [3.05, 3.63) is 0 Å². The van der Waals surface area contributed by atoms with Crippen LogP contribution in [0.15, 0.2) is 0 Å². The summed E-state index contributed by atoms with van der Waals surface area (Å²) in [5.41, 5.74) is 0. The van der Waals surface area contributed by atoms with Crippen LogP contribution in [0.2, 0.25) is 0 Å². The van der Waals surface area contributed by atoms with Gasteiger partial charge in [-0.05, 0) is 6.92 Å². The first-order valence-corrected chi connectivity index (χ1v) is 13.4. The summed E-state index contributed by atoms with van der Waals surface area (Å²) < 4.78 is 65.3. The van der Waals surface area contributed by atoms with Gasteiger partial charge in [0.05, 0.1) is 19.3 Å². The van der Waals surface area contributed by atoms with E-state index in [4.69, 9.17) is 23.7 Å². The minimum Gasteiger partial charge on any atom is -0.726 e. The molecule has 0 spiro atoms. The topological polar surface area (TPSA) is 304 Å². The quantitative estimate of drug-likeness (QED) is 0.0648. The van der Waals surface area contributed by atoms with Crippen LogP contribution < -0.4 is 34.9 Å². The van der Waals surface area contributed by atoms with Gasteiger partial charge in [-0.15, -0.1) is 0 Å². The van der Waals surface area contributed by atoms with Gasteiger partial charge in [0.15, 0.2) is 18.9 Å². The minimum absolute atomic E-state index is 0. The largest absolute Gasteiger partial charge is 1.00 e. The van der Waals surface area contributed by atoms with Gasteiger partial charge in [-0.1, -0.05) is 0 Å². The van der Waals surface area contributed by atoms with E-state index in [-0.39, 0.29) is 29.6 Å². The molecule has 3 aliphatic rings. The average molecular weight is 632 g/mol. The van der Waals surface area contributed by atoms with Gasteiger partial charge in [-0.25, -0.2) is 8.42 Å². The predicted octanol–water partition coefficient (Wildman–Crippen LogP) is -9.91. The molecular weight excluding hydrogens is 597 g/mol. The summed E-state index contributed by atoms with van der Waals surface area (Å²) in [6.07, 6.45) is -24.8. The summed E-state index contributed by atoms with van der Waals surface area (Å²) in [5.74, 6) is -0.720. The number of amides is 1. The molecule has 41 heavy (non-hydrogen) atoms. The summed E-state index contributed by atoms with van der Waals surface area (Å²) in [7, 11) is -5.49. The molecule has 234 valence electrons. The van der Waals surface area contributed by atoms with E-state index in [1.165, 1.54) is 6.92 Å². The van der Waals surface area contributed by atoms with Crippen molar-refractivity contribution in [1.29, 1.82) is 0 Å². The molecule has 0 aliphatic carbocycles. The van der Waals surface area contributed by atoms with Gasteiger partial charge >= 0.3 is 29.6 Å². The van der Waals surface area contributed by atoms with E-state index in [9.17, 15) is 58.6 Å². The van der Waals surface area contributed by atoms with Crippen molar-refractivity contribution in [1.82, 2.24) is 5.32 Å². The van der Waals surface area contributed by atoms with Crippen molar-refractivity contribution in [2.24, 2.45) is 0 Å². The van der Waals surface area contributed by atoms with Crippen molar-refractivity contribution in [2.75, 3.05) is 13.2 Å². The first-order chi connectivity index (χ1) is 18.6. The van der Waals surface area contributed by atoms with Crippen LogP contribution >= 0.6 is 0 Å². The molecule has 0 aromatic rings. The Hall–Kier alpha value is -0.180. The number of hydrogen-bond donors (Lipinski definition) is 9. The number of rotatable bonds is 9. The Morgan fingerprint density at radius 3 is 1.90 bits per heavy atom. The van der Waals surface area contributed by atoms with Gasteiger partial charge in [-0.3, -0.25) is 8.98 Å². The molecule has 0 aromatic heterocycles. The molecule has 0 radical (unpaired) electrons. The van der Waals surface area contributed by atoms with Crippen molar-refractivity contribution in [3.63, 3.8) is 0 Å². The maximum Gasteiger partial charge on any atom is 1.00 e. The molecule has 0 aromatic carbocycles. The van der Waals surface area contributed by atoms with Crippen LogP contribution in [0.3, 0.4) is 0 Å². The summed E-state index contributed by atoms with van der Waals surface area (Å²) in [6.45, 7) is 0.550. The van der Waals surface area contributed by atoms with Gasteiger partial charge in [0.2, 0.25) is 16.3 Å². The molecule has 3 fully saturated rings. The second-order valence-electron chi connectivity index (χ2n) is 9.53. The summed E-state index contributed by atoms with van der Waals surface area (Å²) >= 11 is 0. The van der Waals surface area contributed by atoms with Gasteiger partial charge in [0, 0.05) is 6.92 Å². The van der Waals surface area contributed by atoms with Crippen LogP contribution in [0, 0.1) is 0 Å². The van der Waals surface area contributed by atoms with Crippen molar-refractivity contribution < 1.29 is 116 Å². The molecule has 21 heteroatoms. The first kappa shape index (κ1) is 37.0. The van der Waals surface area contributed by atoms with Gasteiger partial charge in [-0.2, -0.15) is 0 Å². The van der Waals surface area contributed by atoms with Gasteiger partial charge in [0.25, 0.3) is 0 Å². The smallest absolute Gasteiger partial charge is 0.726 e. The zero-order valence-electron chi connectivity index (χ0n) is 22.1. The standard InChI is InChI=1S/C20H35NO18S.Na/c1-5-10(25)12(27)13(28)19(34-5)38-16-9(21-6(2)24)18(30)35-8(4-23)15(16)37-20-14(29)17(39-40(31,32)33)11(26)7(3-22)36-20;/h5,7-20,22-23,25-30H,3-4H2,1-2H3,(H,21,24)(H,31,32,33);/q;+1/p-1/t5-,7+,8+,9+,10+,11-,12+,13-,14+,15+,16+,17-,18?,19-,20-;/m0./s1. The van der Waals surface area contributed by atoms with Crippen molar-refractivity contribution >= 4 is 16.3 Å². The summed E-state index contributed by atoms with van der Waals surface area (Å²) in [4.78, 5) is 11.9. The number of carbonyl (C=O) groups excluding carboxylic acids is 1. The van der Waals surface area contributed by atoms with E-state index >= 15 is 0 Å². The number of nitrogens with one attached hydrogen (secondary N) is 1. The van der Waals surface area contributed by atoms with Crippen LogP contribution in [0.5, 0.6) is 0 Å². The van der Waals surface area contributed by atoms with Gasteiger partial charge in [0.1, 0.15) is 67.1 Å². The van der Waals surface area contributed by atoms with E-state index in [1.54, 1.807) is 0 Å². The number of aliphatic hydroxyl groups is 8. The second-order valence-corrected chi connectivity index (χ2v) is 10.5. The molecule has 19 nitrogen and oxygen atoms in total. The SMILES string of the molecule is CC(=O)N[C@H]1C(O)O[C@H](CO)[C@@H](O[C@@H]2O[C@H](CO)[C@H](O)[C@H](OS(=O)(=O)[O-])[C@H]2O)[C@@H]1O[C@@H]1O[C@@H](C)[C@@H](O)[C@@H](O)[C@@H]1O.[Na+]. The molecule has 9 N–H and O–H groups in total. The van der Waals surface area contributed by atoms with E-state index < -0.39 is 122 Å². The van der Waals surface area contributed by atoms with Gasteiger partial charge < -0.3 is 74.4 Å². The fourth-order valence-electron chi connectivity index (χ4n) is 4.63. The normalized spacial score (nSPS) is 45.5. The maximum atomic E-state index is 11.9. The molecule has 3 saturated heterocycles. The molecule has 3 rings (SSSR count). The van der Waals surface area contributed by atoms with E-state index in [1.807, 2.05) is 0 Å². The monoisotopic (exact) mass is 631 g/mol. The fraction of sp³-hybridized carbons (Fsp3) is 0.950. The number of hydrogen-bond acceptors (Lipinski definition) is 18. The van der Waals surface area contributed by atoms with Crippen molar-refractivity contribution in [2.45, 2.75) is 106 Å². The summed E-state index contributed by atoms with van der Waals surface area (Å²) in [6, 6.07) is -1.53. The second kappa shape index (κ2) is 15.2. The van der Waals surface area contributed by atoms with Crippen LogP contribution in [-0.4, -0.2) is 165 Å². The van der Waals surface area contributed by atoms with E-state index in [0.29, 0.717) is 0 Å².